The zero-order chi connectivity index (χ0) is 26.7. The molecule has 2 aliphatic heterocycles. The first kappa shape index (κ1) is 26.6. The summed E-state index contributed by atoms with van der Waals surface area (Å²) in [5.41, 5.74) is 1.64. The van der Waals surface area contributed by atoms with Crippen LogP contribution in [-0.4, -0.2) is 78.5 Å². The molecule has 2 aromatic carbocycles. The number of hydrogen-bond acceptors (Lipinski definition) is 5. The van der Waals surface area contributed by atoms with Crippen molar-refractivity contribution in [3.05, 3.63) is 81.8 Å². The molecule has 0 unspecified atom stereocenters. The van der Waals surface area contributed by atoms with Crippen molar-refractivity contribution in [2.45, 2.75) is 25.9 Å². The Hall–Kier alpha value is -3.43. The van der Waals surface area contributed by atoms with Gasteiger partial charge in [-0.2, -0.15) is 0 Å². The van der Waals surface area contributed by atoms with Crippen LogP contribution in [0.25, 0.3) is 0 Å². The Bertz CT molecular complexity index is 1220. The number of benzene rings is 2. The third-order valence-corrected chi connectivity index (χ3v) is 6.98. The summed E-state index contributed by atoms with van der Waals surface area (Å²) in [6.45, 7) is 5.48. The van der Waals surface area contributed by atoms with Crippen molar-refractivity contribution >= 4 is 29.5 Å². The van der Waals surface area contributed by atoms with Crippen LogP contribution in [0, 0.1) is 5.82 Å². The number of esters is 1. The van der Waals surface area contributed by atoms with Gasteiger partial charge in [0.25, 0.3) is 5.91 Å². The number of ether oxygens (including phenoxy) is 1. The van der Waals surface area contributed by atoms with Gasteiger partial charge in [-0.25, -0.2) is 14.0 Å². The maximum absolute atomic E-state index is 14.2. The van der Waals surface area contributed by atoms with E-state index in [1.165, 1.54) is 17.0 Å². The van der Waals surface area contributed by atoms with Crippen molar-refractivity contribution in [3.8, 4) is 0 Å². The van der Waals surface area contributed by atoms with E-state index in [0.717, 1.165) is 0 Å². The number of halogens is 2. The minimum atomic E-state index is -0.698. The van der Waals surface area contributed by atoms with Crippen molar-refractivity contribution in [1.29, 1.82) is 0 Å². The Labute approximate surface area is 220 Å². The number of likely N-dealkylation sites (N-methyl/N-ethyl adjacent to an activating group) is 1. The molecule has 0 saturated carbocycles. The monoisotopic (exact) mass is 528 g/mol. The van der Waals surface area contributed by atoms with Gasteiger partial charge in [-0.05, 0) is 43.7 Å². The zero-order valence-corrected chi connectivity index (χ0v) is 21.8. The third kappa shape index (κ3) is 5.62. The van der Waals surface area contributed by atoms with E-state index in [9.17, 15) is 18.8 Å². The maximum atomic E-state index is 14.2. The number of hydrogen-bond donors (Lipinski definition) is 1. The molecular weight excluding hydrogens is 499 g/mol. The summed E-state index contributed by atoms with van der Waals surface area (Å²) in [5.74, 6) is -1.41. The van der Waals surface area contributed by atoms with Crippen LogP contribution < -0.4 is 5.32 Å². The molecule has 0 bridgehead atoms. The summed E-state index contributed by atoms with van der Waals surface area (Å²) in [7, 11) is 1.61. The predicted octanol–water partition coefficient (Wildman–Crippen LogP) is 3.84. The van der Waals surface area contributed by atoms with E-state index in [0.29, 0.717) is 48.0 Å². The molecule has 0 spiro atoms. The van der Waals surface area contributed by atoms with Gasteiger partial charge in [0.1, 0.15) is 5.82 Å². The number of piperazine rings is 1. The highest BCUT2D eigenvalue weighted by Gasteiger charge is 2.38. The van der Waals surface area contributed by atoms with Gasteiger partial charge in [0, 0.05) is 50.0 Å². The van der Waals surface area contributed by atoms with Crippen molar-refractivity contribution in [3.63, 3.8) is 0 Å². The van der Waals surface area contributed by atoms with Gasteiger partial charge in [0.05, 0.1) is 23.8 Å². The predicted molar refractivity (Wildman–Crippen MR) is 137 cm³/mol. The lowest BCUT2D eigenvalue weighted by molar-refractivity contribution is -0.139. The maximum Gasteiger partial charge on any atom is 0.338 e. The Balaban J connectivity index is 1.60. The molecule has 1 fully saturated rings. The van der Waals surface area contributed by atoms with E-state index in [2.05, 4.69) is 10.2 Å². The Morgan fingerprint density at radius 1 is 1.14 bits per heavy atom. The van der Waals surface area contributed by atoms with Gasteiger partial charge < -0.3 is 15.0 Å². The van der Waals surface area contributed by atoms with E-state index < -0.39 is 17.8 Å². The number of carbonyl (C=O) groups is 3. The number of nitrogens with one attached hydrogen (secondary N) is 1. The van der Waals surface area contributed by atoms with Crippen molar-refractivity contribution in [2.24, 2.45) is 0 Å². The fourth-order valence-electron chi connectivity index (χ4n) is 4.78. The average molecular weight is 529 g/mol. The first-order valence-corrected chi connectivity index (χ1v) is 12.6. The molecule has 8 nitrogen and oxygen atoms in total. The number of rotatable bonds is 6. The molecule has 0 radical (unpaired) electrons. The zero-order valence-electron chi connectivity index (χ0n) is 21.0. The molecule has 0 aliphatic carbocycles. The van der Waals surface area contributed by atoms with Crippen molar-refractivity contribution < 1.29 is 23.5 Å². The van der Waals surface area contributed by atoms with Gasteiger partial charge in [-0.3, -0.25) is 14.6 Å². The summed E-state index contributed by atoms with van der Waals surface area (Å²) < 4.78 is 19.6. The van der Waals surface area contributed by atoms with Crippen LogP contribution in [0.4, 0.5) is 9.18 Å². The molecule has 10 heteroatoms. The minimum absolute atomic E-state index is 0.0459. The molecule has 2 aliphatic rings. The standard InChI is InChI=1S/C27H30ClFN4O4/c1-4-37-26(35)23-22(31(3)27(36)30-24(23)18-9-11-19(28)12-10-18)16-32-13-14-33(17(2)15-32)25(34)20-7-5-6-8-21(20)29/h5-12,17,24H,4,13-16H2,1-3H3,(H,30,36)/t17-,24+/m1/s1. The molecule has 37 heavy (non-hydrogen) atoms. The van der Waals surface area contributed by atoms with E-state index in [1.807, 2.05) is 6.92 Å². The largest absolute Gasteiger partial charge is 0.463 e. The fraction of sp³-hybridized carbons (Fsp3) is 0.370. The highest BCUT2D eigenvalue weighted by atomic mass is 35.5. The molecule has 4 rings (SSSR count). The van der Waals surface area contributed by atoms with Crippen LogP contribution in [-0.2, 0) is 9.53 Å². The molecule has 196 valence electrons. The summed E-state index contributed by atoms with van der Waals surface area (Å²) in [6, 6.07) is 11.7. The number of carbonyl (C=O) groups excluding carboxylic acids is 3. The van der Waals surface area contributed by atoms with E-state index in [-0.39, 0.29) is 30.2 Å². The lowest BCUT2D eigenvalue weighted by Gasteiger charge is -2.42. The Kier molecular flexibility index (Phi) is 8.14. The summed E-state index contributed by atoms with van der Waals surface area (Å²) in [4.78, 5) is 44.2. The lowest BCUT2D eigenvalue weighted by atomic mass is 9.94. The fourth-order valence-corrected chi connectivity index (χ4v) is 4.91. The molecule has 2 aromatic rings. The summed E-state index contributed by atoms with van der Waals surface area (Å²) in [5, 5.41) is 3.43. The Morgan fingerprint density at radius 3 is 2.49 bits per heavy atom. The van der Waals surface area contributed by atoms with Crippen LogP contribution in [0.2, 0.25) is 5.02 Å². The second-order valence-corrected chi connectivity index (χ2v) is 9.57. The van der Waals surface area contributed by atoms with E-state index in [4.69, 9.17) is 16.3 Å². The molecular formula is C27H30ClFN4O4. The highest BCUT2D eigenvalue weighted by molar-refractivity contribution is 6.30. The van der Waals surface area contributed by atoms with Gasteiger partial charge >= 0.3 is 12.0 Å². The molecule has 1 N–H and O–H groups in total. The molecule has 2 heterocycles. The van der Waals surface area contributed by atoms with Crippen LogP contribution in [0.5, 0.6) is 0 Å². The quantitative estimate of drug-likeness (QED) is 0.576. The molecule has 0 aromatic heterocycles. The van der Waals surface area contributed by atoms with Crippen molar-refractivity contribution in [2.75, 3.05) is 39.8 Å². The second kappa shape index (κ2) is 11.3. The van der Waals surface area contributed by atoms with Gasteiger partial charge in [-0.1, -0.05) is 35.9 Å². The molecule has 2 atom stereocenters. The summed E-state index contributed by atoms with van der Waals surface area (Å²) in [6.07, 6.45) is 0. The average Bonchev–Trinajstić information content (AvgIpc) is 2.87. The topological polar surface area (TPSA) is 82.2 Å². The smallest absolute Gasteiger partial charge is 0.338 e. The Morgan fingerprint density at radius 2 is 1.84 bits per heavy atom. The number of nitrogens with zero attached hydrogens (tertiary/aromatic N) is 3. The van der Waals surface area contributed by atoms with Crippen LogP contribution >= 0.6 is 11.6 Å². The van der Waals surface area contributed by atoms with Crippen LogP contribution in [0.3, 0.4) is 0 Å². The number of urea groups is 1. The van der Waals surface area contributed by atoms with E-state index in [1.54, 1.807) is 55.3 Å². The first-order chi connectivity index (χ1) is 17.7. The normalized spacial score (nSPS) is 20.6. The van der Waals surface area contributed by atoms with Crippen LogP contribution in [0.1, 0.15) is 35.8 Å². The van der Waals surface area contributed by atoms with Crippen molar-refractivity contribution in [1.82, 2.24) is 20.0 Å². The van der Waals surface area contributed by atoms with Gasteiger partial charge in [-0.15, -0.1) is 0 Å². The SMILES string of the molecule is CCOC(=O)C1=C(CN2CCN(C(=O)c3ccccc3F)[C@H](C)C2)N(C)C(=O)N[C@H]1c1ccc(Cl)cc1. The third-order valence-electron chi connectivity index (χ3n) is 6.73. The molecule has 3 amide bonds. The second-order valence-electron chi connectivity index (χ2n) is 9.14. The van der Waals surface area contributed by atoms with Gasteiger partial charge in [0.2, 0.25) is 0 Å². The minimum Gasteiger partial charge on any atom is -0.463 e. The highest BCUT2D eigenvalue weighted by Crippen LogP contribution is 2.32. The van der Waals surface area contributed by atoms with Gasteiger partial charge in [0.15, 0.2) is 0 Å². The lowest BCUT2D eigenvalue weighted by Crippen LogP contribution is -2.56. The van der Waals surface area contributed by atoms with E-state index >= 15 is 0 Å². The molecule has 1 saturated heterocycles. The van der Waals surface area contributed by atoms with Crippen LogP contribution in [0.15, 0.2) is 59.8 Å². The summed E-state index contributed by atoms with van der Waals surface area (Å²) >= 11 is 6.05. The number of amides is 3. The first-order valence-electron chi connectivity index (χ1n) is 12.2.